The van der Waals surface area contributed by atoms with Crippen molar-refractivity contribution >= 4 is 11.9 Å². The second-order valence-corrected chi connectivity index (χ2v) is 4.64. The molecule has 0 radical (unpaired) electrons. The molecule has 0 bridgehead atoms. The van der Waals surface area contributed by atoms with Gasteiger partial charge < -0.3 is 0 Å². The van der Waals surface area contributed by atoms with Crippen molar-refractivity contribution in [2.45, 2.75) is 13.8 Å². The summed E-state index contributed by atoms with van der Waals surface area (Å²) in [6.07, 6.45) is 2.54. The Labute approximate surface area is 116 Å². The SMILES string of the molecule is Cc1ccc(C(=O)/C=C/c2cccc(F)c2F)cc1C. The van der Waals surface area contributed by atoms with Gasteiger partial charge in [0.05, 0.1) is 0 Å². The number of carbonyl (C=O) groups is 1. The Morgan fingerprint density at radius 2 is 1.80 bits per heavy atom. The predicted octanol–water partition coefficient (Wildman–Crippen LogP) is 4.48. The molecule has 0 aliphatic heterocycles. The van der Waals surface area contributed by atoms with Gasteiger partial charge in [-0.2, -0.15) is 0 Å². The van der Waals surface area contributed by atoms with Crippen molar-refractivity contribution in [2.75, 3.05) is 0 Å². The lowest BCUT2D eigenvalue weighted by atomic mass is 10.0. The lowest BCUT2D eigenvalue weighted by Gasteiger charge is -2.02. The number of halogens is 2. The van der Waals surface area contributed by atoms with Gasteiger partial charge in [0, 0.05) is 11.1 Å². The van der Waals surface area contributed by atoms with Gasteiger partial charge in [0.2, 0.25) is 0 Å². The van der Waals surface area contributed by atoms with Crippen LogP contribution in [0.2, 0.25) is 0 Å². The smallest absolute Gasteiger partial charge is 0.185 e. The van der Waals surface area contributed by atoms with E-state index in [1.165, 1.54) is 24.3 Å². The molecule has 1 nitrogen and oxygen atoms in total. The van der Waals surface area contributed by atoms with Crippen LogP contribution >= 0.6 is 0 Å². The maximum Gasteiger partial charge on any atom is 0.185 e. The zero-order valence-corrected chi connectivity index (χ0v) is 11.3. The molecular weight excluding hydrogens is 258 g/mol. The quantitative estimate of drug-likeness (QED) is 0.595. The zero-order chi connectivity index (χ0) is 14.7. The highest BCUT2D eigenvalue weighted by Gasteiger charge is 2.06. The minimum Gasteiger partial charge on any atom is -0.289 e. The Balaban J connectivity index is 2.24. The van der Waals surface area contributed by atoms with Crippen LogP contribution in [0.1, 0.15) is 27.0 Å². The number of hydrogen-bond donors (Lipinski definition) is 0. The Kier molecular flexibility index (Phi) is 4.08. The fourth-order valence-electron chi connectivity index (χ4n) is 1.81. The highest BCUT2D eigenvalue weighted by Crippen LogP contribution is 2.15. The highest BCUT2D eigenvalue weighted by atomic mass is 19.2. The number of aryl methyl sites for hydroxylation is 2. The fourth-order valence-corrected chi connectivity index (χ4v) is 1.81. The van der Waals surface area contributed by atoms with Crippen molar-refractivity contribution < 1.29 is 13.6 Å². The molecule has 0 aliphatic rings. The van der Waals surface area contributed by atoms with Crippen LogP contribution in [0, 0.1) is 25.5 Å². The summed E-state index contributed by atoms with van der Waals surface area (Å²) in [6, 6.07) is 9.22. The van der Waals surface area contributed by atoms with E-state index in [1.54, 1.807) is 12.1 Å². The van der Waals surface area contributed by atoms with Crippen LogP contribution < -0.4 is 0 Å². The summed E-state index contributed by atoms with van der Waals surface area (Å²) in [4.78, 5) is 12.0. The molecule has 2 rings (SSSR count). The van der Waals surface area contributed by atoms with Crippen LogP contribution in [-0.2, 0) is 0 Å². The van der Waals surface area contributed by atoms with Gasteiger partial charge in [0.1, 0.15) is 0 Å². The average Bonchev–Trinajstić information content (AvgIpc) is 2.43. The van der Waals surface area contributed by atoms with Crippen molar-refractivity contribution in [3.8, 4) is 0 Å². The standard InChI is InChI=1S/C17H14F2O/c1-11-6-7-14(10-12(11)2)16(20)9-8-13-4-3-5-15(18)17(13)19/h3-10H,1-2H3/b9-8+. The second-order valence-electron chi connectivity index (χ2n) is 4.64. The van der Waals surface area contributed by atoms with E-state index in [1.807, 2.05) is 19.9 Å². The highest BCUT2D eigenvalue weighted by molar-refractivity contribution is 6.06. The second kappa shape index (κ2) is 5.78. The van der Waals surface area contributed by atoms with Gasteiger partial charge in [-0.15, -0.1) is 0 Å². The summed E-state index contributed by atoms with van der Waals surface area (Å²) in [7, 11) is 0. The first-order valence-electron chi connectivity index (χ1n) is 6.22. The van der Waals surface area contributed by atoms with E-state index in [2.05, 4.69) is 0 Å². The third-order valence-electron chi connectivity index (χ3n) is 3.19. The van der Waals surface area contributed by atoms with Crippen molar-refractivity contribution in [3.63, 3.8) is 0 Å². The van der Waals surface area contributed by atoms with Crippen LogP contribution in [0.3, 0.4) is 0 Å². The van der Waals surface area contributed by atoms with Crippen LogP contribution in [-0.4, -0.2) is 5.78 Å². The molecule has 2 aromatic rings. The minimum atomic E-state index is -0.948. The summed E-state index contributed by atoms with van der Waals surface area (Å²) in [6.45, 7) is 3.88. The predicted molar refractivity (Wildman–Crippen MR) is 75.6 cm³/mol. The number of benzene rings is 2. The van der Waals surface area contributed by atoms with E-state index in [0.717, 1.165) is 17.2 Å². The first kappa shape index (κ1) is 14.1. The molecule has 0 amide bonds. The molecular formula is C17H14F2O. The molecule has 0 saturated heterocycles. The van der Waals surface area contributed by atoms with E-state index < -0.39 is 11.6 Å². The molecule has 0 fully saturated rings. The third-order valence-corrected chi connectivity index (χ3v) is 3.19. The van der Waals surface area contributed by atoms with Crippen LogP contribution in [0.25, 0.3) is 6.08 Å². The lowest BCUT2D eigenvalue weighted by molar-refractivity contribution is 0.104. The topological polar surface area (TPSA) is 17.1 Å². The van der Waals surface area contributed by atoms with Crippen molar-refractivity contribution in [1.29, 1.82) is 0 Å². The maximum atomic E-state index is 13.4. The van der Waals surface area contributed by atoms with Gasteiger partial charge >= 0.3 is 0 Å². The van der Waals surface area contributed by atoms with Crippen LogP contribution in [0.5, 0.6) is 0 Å². The van der Waals surface area contributed by atoms with E-state index in [4.69, 9.17) is 0 Å². The largest absolute Gasteiger partial charge is 0.289 e. The Morgan fingerprint density at radius 3 is 2.50 bits per heavy atom. The Morgan fingerprint density at radius 1 is 1.05 bits per heavy atom. The van der Waals surface area contributed by atoms with Crippen LogP contribution in [0.4, 0.5) is 8.78 Å². The summed E-state index contributed by atoms with van der Waals surface area (Å²) in [5.74, 6) is -2.11. The summed E-state index contributed by atoms with van der Waals surface area (Å²) >= 11 is 0. The van der Waals surface area contributed by atoms with E-state index in [0.29, 0.717) is 5.56 Å². The molecule has 20 heavy (non-hydrogen) atoms. The molecule has 0 saturated carbocycles. The number of carbonyl (C=O) groups excluding carboxylic acids is 1. The monoisotopic (exact) mass is 272 g/mol. The van der Waals surface area contributed by atoms with Gasteiger partial charge in [-0.05, 0) is 49.3 Å². The molecule has 3 heteroatoms. The normalized spacial score (nSPS) is 11.0. The summed E-state index contributed by atoms with van der Waals surface area (Å²) in [5, 5.41) is 0. The summed E-state index contributed by atoms with van der Waals surface area (Å²) < 4.78 is 26.5. The average molecular weight is 272 g/mol. The van der Waals surface area contributed by atoms with Crippen molar-refractivity contribution in [3.05, 3.63) is 76.4 Å². The lowest BCUT2D eigenvalue weighted by Crippen LogP contribution is -1.96. The Hall–Kier alpha value is -2.29. The number of rotatable bonds is 3. The van der Waals surface area contributed by atoms with Gasteiger partial charge in [-0.1, -0.05) is 24.3 Å². The number of ketones is 1. The third kappa shape index (κ3) is 2.99. The molecule has 2 aromatic carbocycles. The van der Waals surface area contributed by atoms with E-state index >= 15 is 0 Å². The van der Waals surface area contributed by atoms with Crippen molar-refractivity contribution in [1.82, 2.24) is 0 Å². The molecule has 0 N–H and O–H groups in total. The van der Waals surface area contributed by atoms with Gasteiger partial charge in [-0.25, -0.2) is 8.78 Å². The fraction of sp³-hybridized carbons (Fsp3) is 0.118. The molecule has 0 atom stereocenters. The number of allylic oxidation sites excluding steroid dienone is 1. The Bertz CT molecular complexity index is 687. The number of hydrogen-bond acceptors (Lipinski definition) is 1. The van der Waals surface area contributed by atoms with Crippen LogP contribution in [0.15, 0.2) is 42.5 Å². The van der Waals surface area contributed by atoms with Crippen molar-refractivity contribution in [2.24, 2.45) is 0 Å². The molecule has 0 aliphatic carbocycles. The minimum absolute atomic E-state index is 0.0576. The zero-order valence-electron chi connectivity index (χ0n) is 11.3. The molecule has 102 valence electrons. The molecule has 0 unspecified atom stereocenters. The van der Waals surface area contributed by atoms with E-state index in [9.17, 15) is 13.6 Å². The van der Waals surface area contributed by atoms with Gasteiger partial charge in [0.25, 0.3) is 0 Å². The molecule has 0 spiro atoms. The first-order chi connectivity index (χ1) is 9.49. The maximum absolute atomic E-state index is 13.4. The molecule has 0 heterocycles. The molecule has 0 aromatic heterocycles. The van der Waals surface area contributed by atoms with E-state index in [-0.39, 0.29) is 11.3 Å². The first-order valence-corrected chi connectivity index (χ1v) is 6.22. The van der Waals surface area contributed by atoms with Gasteiger partial charge in [0.15, 0.2) is 17.4 Å². The summed E-state index contributed by atoms with van der Waals surface area (Å²) in [5.41, 5.74) is 2.70. The van der Waals surface area contributed by atoms with Gasteiger partial charge in [-0.3, -0.25) is 4.79 Å².